The second-order valence-corrected chi connectivity index (χ2v) is 6.73. The third-order valence-corrected chi connectivity index (χ3v) is 4.94. The van der Waals surface area contributed by atoms with Crippen molar-refractivity contribution in [2.75, 3.05) is 20.3 Å². The van der Waals surface area contributed by atoms with Gasteiger partial charge in [-0.05, 0) is 32.0 Å². The first-order valence-corrected chi connectivity index (χ1v) is 8.21. The van der Waals surface area contributed by atoms with E-state index in [1.807, 2.05) is 14.0 Å². The third-order valence-electron chi connectivity index (χ3n) is 3.47. The van der Waals surface area contributed by atoms with E-state index < -0.39 is 10.0 Å². The molecule has 1 saturated heterocycles. The second kappa shape index (κ2) is 6.62. The first kappa shape index (κ1) is 15.4. The highest BCUT2D eigenvalue weighted by Gasteiger charge is 2.27. The molecule has 1 aliphatic rings. The van der Waals surface area contributed by atoms with E-state index in [0.29, 0.717) is 19.8 Å². The fraction of sp³-hybridized carbons (Fsp3) is 0.615. The lowest BCUT2D eigenvalue weighted by atomic mass is 10.0. The summed E-state index contributed by atoms with van der Waals surface area (Å²) in [5.41, 5.74) is 0.948. The SMILES string of the molecule is CNCc1ccc(S(=O)(=O)NC(C)C2CCOC2)nc1. The quantitative estimate of drug-likeness (QED) is 0.800. The first-order valence-electron chi connectivity index (χ1n) is 6.72. The van der Waals surface area contributed by atoms with Gasteiger partial charge in [-0.2, -0.15) is 0 Å². The van der Waals surface area contributed by atoms with Crippen molar-refractivity contribution in [3.8, 4) is 0 Å². The molecule has 0 aliphatic carbocycles. The molecule has 1 aromatic heterocycles. The Balaban J connectivity index is 2.05. The molecule has 1 aromatic rings. The molecule has 0 bridgehead atoms. The van der Waals surface area contributed by atoms with Gasteiger partial charge in [0.15, 0.2) is 5.03 Å². The Morgan fingerprint density at radius 2 is 2.30 bits per heavy atom. The minimum atomic E-state index is -3.57. The van der Waals surface area contributed by atoms with Crippen molar-refractivity contribution < 1.29 is 13.2 Å². The minimum Gasteiger partial charge on any atom is -0.381 e. The van der Waals surface area contributed by atoms with Crippen molar-refractivity contribution >= 4 is 10.0 Å². The van der Waals surface area contributed by atoms with E-state index in [1.165, 1.54) is 6.07 Å². The molecule has 20 heavy (non-hydrogen) atoms. The summed E-state index contributed by atoms with van der Waals surface area (Å²) in [6.45, 7) is 3.84. The van der Waals surface area contributed by atoms with Gasteiger partial charge in [0.25, 0.3) is 10.0 Å². The number of pyridine rings is 1. The zero-order valence-corrected chi connectivity index (χ0v) is 12.6. The van der Waals surface area contributed by atoms with Gasteiger partial charge in [0.2, 0.25) is 0 Å². The largest absolute Gasteiger partial charge is 0.381 e. The molecule has 7 heteroatoms. The van der Waals surface area contributed by atoms with E-state index in [0.717, 1.165) is 12.0 Å². The van der Waals surface area contributed by atoms with Gasteiger partial charge >= 0.3 is 0 Å². The van der Waals surface area contributed by atoms with Crippen molar-refractivity contribution in [3.63, 3.8) is 0 Å². The van der Waals surface area contributed by atoms with Crippen molar-refractivity contribution in [1.29, 1.82) is 0 Å². The normalized spacial score (nSPS) is 21.0. The molecule has 1 fully saturated rings. The lowest BCUT2D eigenvalue weighted by molar-refractivity contribution is 0.180. The third kappa shape index (κ3) is 3.76. The number of ether oxygens (including phenoxy) is 1. The van der Waals surface area contributed by atoms with Crippen LogP contribution in [0, 0.1) is 5.92 Å². The smallest absolute Gasteiger partial charge is 0.258 e. The summed E-state index contributed by atoms with van der Waals surface area (Å²) in [4.78, 5) is 4.03. The van der Waals surface area contributed by atoms with Crippen molar-refractivity contribution in [2.45, 2.75) is 31.0 Å². The van der Waals surface area contributed by atoms with Crippen LogP contribution in [0.25, 0.3) is 0 Å². The summed E-state index contributed by atoms with van der Waals surface area (Å²) < 4.78 is 32.4. The number of sulfonamides is 1. The summed E-state index contributed by atoms with van der Waals surface area (Å²) in [5, 5.41) is 3.05. The number of hydrogen-bond donors (Lipinski definition) is 2. The van der Waals surface area contributed by atoms with Crippen LogP contribution < -0.4 is 10.0 Å². The average Bonchev–Trinajstić information content (AvgIpc) is 2.93. The molecule has 2 heterocycles. The number of rotatable bonds is 6. The zero-order chi connectivity index (χ0) is 14.6. The van der Waals surface area contributed by atoms with Crippen LogP contribution in [0.1, 0.15) is 18.9 Å². The summed E-state index contributed by atoms with van der Waals surface area (Å²) in [7, 11) is -1.73. The van der Waals surface area contributed by atoms with Gasteiger partial charge in [-0.15, -0.1) is 0 Å². The summed E-state index contributed by atoms with van der Waals surface area (Å²) in [6.07, 6.45) is 2.46. The van der Waals surface area contributed by atoms with Crippen LogP contribution in [0.4, 0.5) is 0 Å². The fourth-order valence-corrected chi connectivity index (χ4v) is 3.47. The van der Waals surface area contributed by atoms with Crippen LogP contribution in [-0.2, 0) is 21.3 Å². The lowest BCUT2D eigenvalue weighted by Crippen LogP contribution is -2.38. The molecule has 0 spiro atoms. The highest BCUT2D eigenvalue weighted by Crippen LogP contribution is 2.18. The van der Waals surface area contributed by atoms with Crippen LogP contribution >= 0.6 is 0 Å². The molecule has 1 aliphatic heterocycles. The van der Waals surface area contributed by atoms with Crippen molar-refractivity contribution in [2.24, 2.45) is 5.92 Å². The maximum absolute atomic E-state index is 12.2. The van der Waals surface area contributed by atoms with Gasteiger partial charge in [-0.25, -0.2) is 18.1 Å². The highest BCUT2D eigenvalue weighted by atomic mass is 32.2. The monoisotopic (exact) mass is 299 g/mol. The van der Waals surface area contributed by atoms with Crippen molar-refractivity contribution in [3.05, 3.63) is 23.9 Å². The van der Waals surface area contributed by atoms with Crippen LogP contribution in [0.3, 0.4) is 0 Å². The van der Waals surface area contributed by atoms with Crippen molar-refractivity contribution in [1.82, 2.24) is 15.0 Å². The lowest BCUT2D eigenvalue weighted by Gasteiger charge is -2.18. The molecule has 6 nitrogen and oxygen atoms in total. The maximum atomic E-state index is 12.2. The van der Waals surface area contributed by atoms with E-state index in [9.17, 15) is 8.42 Å². The number of nitrogens with zero attached hydrogens (tertiary/aromatic N) is 1. The second-order valence-electron chi connectivity index (χ2n) is 5.07. The Kier molecular flexibility index (Phi) is 5.09. The topological polar surface area (TPSA) is 80.3 Å². The molecule has 2 atom stereocenters. The number of nitrogens with one attached hydrogen (secondary N) is 2. The predicted octanol–water partition coefficient (Wildman–Crippen LogP) is 0.504. The van der Waals surface area contributed by atoms with Gasteiger partial charge in [0.05, 0.1) is 6.61 Å². The molecule has 2 N–H and O–H groups in total. The van der Waals surface area contributed by atoms with E-state index in [2.05, 4.69) is 15.0 Å². The number of hydrogen-bond acceptors (Lipinski definition) is 5. The fourth-order valence-electron chi connectivity index (χ4n) is 2.23. The van der Waals surface area contributed by atoms with Crippen LogP contribution in [0.2, 0.25) is 0 Å². The Morgan fingerprint density at radius 3 is 2.85 bits per heavy atom. The van der Waals surface area contributed by atoms with Gasteiger partial charge in [-0.3, -0.25) is 0 Å². The van der Waals surface area contributed by atoms with Gasteiger partial charge in [0, 0.05) is 31.3 Å². The predicted molar refractivity (Wildman–Crippen MR) is 75.7 cm³/mol. The van der Waals surface area contributed by atoms with E-state index in [4.69, 9.17) is 4.74 Å². The van der Waals surface area contributed by atoms with Gasteiger partial charge in [0.1, 0.15) is 0 Å². The van der Waals surface area contributed by atoms with Gasteiger partial charge in [-0.1, -0.05) is 6.07 Å². The van der Waals surface area contributed by atoms with E-state index in [1.54, 1.807) is 12.3 Å². The first-order chi connectivity index (χ1) is 9.53. The molecule has 0 saturated carbocycles. The molecule has 0 radical (unpaired) electrons. The summed E-state index contributed by atoms with van der Waals surface area (Å²) >= 11 is 0. The Bertz CT molecular complexity index is 524. The van der Waals surface area contributed by atoms with Crippen LogP contribution in [0.15, 0.2) is 23.4 Å². The molecule has 0 aromatic carbocycles. The summed E-state index contributed by atoms with van der Waals surface area (Å²) in [6, 6.07) is 3.15. The van der Waals surface area contributed by atoms with Crippen LogP contribution in [-0.4, -0.2) is 39.7 Å². The molecule has 112 valence electrons. The molecule has 2 unspecified atom stereocenters. The molecular formula is C13H21N3O3S. The Labute approximate surface area is 120 Å². The van der Waals surface area contributed by atoms with Crippen LogP contribution in [0.5, 0.6) is 0 Å². The van der Waals surface area contributed by atoms with Gasteiger partial charge < -0.3 is 10.1 Å². The number of aromatic nitrogens is 1. The minimum absolute atomic E-state index is 0.0584. The highest BCUT2D eigenvalue weighted by molar-refractivity contribution is 7.89. The van der Waals surface area contributed by atoms with E-state index in [-0.39, 0.29) is 17.0 Å². The average molecular weight is 299 g/mol. The Morgan fingerprint density at radius 1 is 1.50 bits per heavy atom. The molecular weight excluding hydrogens is 278 g/mol. The maximum Gasteiger partial charge on any atom is 0.258 e. The standard InChI is InChI=1S/C13H21N3O3S/c1-10(12-5-6-19-9-12)16-20(17,18)13-4-3-11(7-14-2)8-15-13/h3-4,8,10,12,14,16H,5-7,9H2,1-2H3. The summed E-state index contributed by atoms with van der Waals surface area (Å²) in [5.74, 6) is 0.230. The molecule has 0 amide bonds. The van der Waals surface area contributed by atoms with E-state index >= 15 is 0 Å². The molecule has 2 rings (SSSR count). The Hall–Kier alpha value is -1.02. The zero-order valence-electron chi connectivity index (χ0n) is 11.8.